The molecule has 0 aromatic heterocycles. The predicted octanol–water partition coefficient (Wildman–Crippen LogP) is 2.52. The van der Waals surface area contributed by atoms with Crippen LogP contribution in [-0.2, 0) is 11.3 Å². The van der Waals surface area contributed by atoms with E-state index < -0.39 is 23.0 Å². The summed E-state index contributed by atoms with van der Waals surface area (Å²) in [4.78, 5) is 11.8. The number of carbonyl (C=O) groups is 1. The Labute approximate surface area is 104 Å². The Morgan fingerprint density at radius 1 is 1.44 bits per heavy atom. The summed E-state index contributed by atoms with van der Waals surface area (Å²) in [5.41, 5.74) is -0.655. The van der Waals surface area contributed by atoms with Gasteiger partial charge < -0.3 is 5.32 Å². The summed E-state index contributed by atoms with van der Waals surface area (Å²) < 4.78 is 25.6. The number of rotatable bonds is 4. The van der Waals surface area contributed by atoms with Crippen molar-refractivity contribution in [3.05, 3.63) is 35.4 Å². The molecule has 18 heavy (non-hydrogen) atoms. The van der Waals surface area contributed by atoms with Crippen molar-refractivity contribution < 1.29 is 13.6 Å². The summed E-state index contributed by atoms with van der Waals surface area (Å²) in [6.07, 6.45) is 0.382. The van der Waals surface area contributed by atoms with Gasteiger partial charge >= 0.3 is 0 Å². The highest BCUT2D eigenvalue weighted by atomic mass is 19.2. The van der Waals surface area contributed by atoms with E-state index in [2.05, 4.69) is 5.32 Å². The van der Waals surface area contributed by atoms with E-state index in [4.69, 9.17) is 5.26 Å². The van der Waals surface area contributed by atoms with Gasteiger partial charge in [0.05, 0.1) is 6.07 Å². The third-order valence-corrected chi connectivity index (χ3v) is 2.89. The maximum absolute atomic E-state index is 12.9. The third-order valence-electron chi connectivity index (χ3n) is 2.89. The molecule has 0 aliphatic carbocycles. The molecule has 3 nitrogen and oxygen atoms in total. The van der Waals surface area contributed by atoms with Crippen LogP contribution in [0.1, 0.15) is 25.8 Å². The summed E-state index contributed by atoms with van der Waals surface area (Å²) in [5, 5.41) is 11.5. The summed E-state index contributed by atoms with van der Waals surface area (Å²) in [5.74, 6) is -2.31. The smallest absolute Gasteiger partial charge is 0.240 e. The van der Waals surface area contributed by atoms with Crippen LogP contribution in [0.3, 0.4) is 0 Å². The fraction of sp³-hybridized carbons (Fsp3) is 0.385. The second-order valence-electron chi connectivity index (χ2n) is 4.23. The zero-order valence-electron chi connectivity index (χ0n) is 10.3. The molecule has 5 heteroatoms. The maximum atomic E-state index is 12.9. The number of hydrogen-bond acceptors (Lipinski definition) is 2. The molecular formula is C13H14F2N2O. The van der Waals surface area contributed by atoms with Crippen LogP contribution in [0.25, 0.3) is 0 Å². The molecule has 1 atom stereocenters. The van der Waals surface area contributed by atoms with Gasteiger partial charge in [-0.3, -0.25) is 4.79 Å². The Morgan fingerprint density at radius 2 is 2.11 bits per heavy atom. The highest BCUT2D eigenvalue weighted by molar-refractivity contribution is 5.84. The molecule has 1 unspecified atom stereocenters. The minimum absolute atomic E-state index is 0.0628. The number of amides is 1. The van der Waals surface area contributed by atoms with Crippen LogP contribution in [-0.4, -0.2) is 5.91 Å². The number of hydrogen-bond donors (Lipinski definition) is 1. The van der Waals surface area contributed by atoms with Crippen molar-refractivity contribution in [1.29, 1.82) is 5.26 Å². The molecule has 0 radical (unpaired) electrons. The van der Waals surface area contributed by atoms with Crippen LogP contribution in [0.4, 0.5) is 8.78 Å². The first-order valence-electron chi connectivity index (χ1n) is 5.56. The van der Waals surface area contributed by atoms with E-state index in [1.807, 2.05) is 6.07 Å². The lowest BCUT2D eigenvalue weighted by molar-refractivity contribution is -0.127. The largest absolute Gasteiger partial charge is 0.351 e. The van der Waals surface area contributed by atoms with Gasteiger partial charge in [0.15, 0.2) is 11.6 Å². The van der Waals surface area contributed by atoms with E-state index in [0.29, 0.717) is 12.0 Å². The molecule has 0 saturated heterocycles. The molecule has 0 spiro atoms. The summed E-state index contributed by atoms with van der Waals surface area (Å²) in [7, 11) is 0. The molecule has 0 aliphatic heterocycles. The number of nitrogens with zero attached hydrogens (tertiary/aromatic N) is 1. The Bertz CT molecular complexity index is 496. The minimum Gasteiger partial charge on any atom is -0.351 e. The quantitative estimate of drug-likeness (QED) is 0.895. The summed E-state index contributed by atoms with van der Waals surface area (Å²) in [6.45, 7) is 3.33. The lowest BCUT2D eigenvalue weighted by atomic mass is 9.88. The van der Waals surface area contributed by atoms with E-state index in [9.17, 15) is 13.6 Å². The third kappa shape index (κ3) is 3.04. The molecular weight excluding hydrogens is 238 g/mol. The first-order chi connectivity index (χ1) is 8.42. The van der Waals surface area contributed by atoms with Crippen molar-refractivity contribution >= 4 is 5.91 Å². The van der Waals surface area contributed by atoms with E-state index in [0.717, 1.165) is 12.1 Å². The molecule has 0 fully saturated rings. The first kappa shape index (κ1) is 14.1. The number of benzene rings is 1. The SMILES string of the molecule is CCC(C)(C#N)C(=O)NCc1ccc(F)c(F)c1. The molecule has 1 rings (SSSR count). The van der Waals surface area contributed by atoms with Gasteiger partial charge in [0, 0.05) is 6.54 Å². The van der Waals surface area contributed by atoms with Gasteiger partial charge in [-0.05, 0) is 31.0 Å². The van der Waals surface area contributed by atoms with Gasteiger partial charge in [-0.1, -0.05) is 13.0 Å². The molecule has 96 valence electrons. The highest BCUT2D eigenvalue weighted by Gasteiger charge is 2.30. The van der Waals surface area contributed by atoms with E-state index in [-0.39, 0.29) is 6.54 Å². The Morgan fingerprint density at radius 3 is 2.61 bits per heavy atom. The van der Waals surface area contributed by atoms with Crippen molar-refractivity contribution in [1.82, 2.24) is 5.32 Å². The van der Waals surface area contributed by atoms with Crippen LogP contribution in [0, 0.1) is 28.4 Å². The van der Waals surface area contributed by atoms with Crippen LogP contribution >= 0.6 is 0 Å². The molecule has 1 aromatic rings. The normalized spacial score (nSPS) is 13.5. The maximum Gasteiger partial charge on any atom is 0.240 e. The Kier molecular flexibility index (Phi) is 4.38. The number of halogens is 2. The van der Waals surface area contributed by atoms with Crippen LogP contribution in [0.5, 0.6) is 0 Å². The zero-order valence-corrected chi connectivity index (χ0v) is 10.3. The van der Waals surface area contributed by atoms with E-state index in [1.54, 1.807) is 6.92 Å². The van der Waals surface area contributed by atoms with Gasteiger partial charge in [0.1, 0.15) is 5.41 Å². The lowest BCUT2D eigenvalue weighted by Crippen LogP contribution is -2.37. The lowest BCUT2D eigenvalue weighted by Gasteiger charge is -2.18. The predicted molar refractivity (Wildman–Crippen MR) is 62.2 cm³/mol. The van der Waals surface area contributed by atoms with Crippen LogP contribution in [0.2, 0.25) is 0 Å². The second-order valence-corrected chi connectivity index (χ2v) is 4.23. The summed E-state index contributed by atoms with van der Waals surface area (Å²) in [6, 6.07) is 5.34. The van der Waals surface area contributed by atoms with Crippen LogP contribution in [0.15, 0.2) is 18.2 Å². The van der Waals surface area contributed by atoms with Gasteiger partial charge in [-0.15, -0.1) is 0 Å². The standard InChI is InChI=1S/C13H14F2N2O/c1-3-13(2,8-16)12(18)17-7-9-4-5-10(14)11(15)6-9/h4-6H,3,7H2,1-2H3,(H,17,18). The van der Waals surface area contributed by atoms with Gasteiger partial charge in [0.2, 0.25) is 5.91 Å². The number of carbonyl (C=O) groups excluding carboxylic acids is 1. The first-order valence-corrected chi connectivity index (χ1v) is 5.56. The molecule has 0 heterocycles. The van der Waals surface area contributed by atoms with Crippen molar-refractivity contribution in [3.8, 4) is 6.07 Å². The molecule has 0 aliphatic rings. The van der Waals surface area contributed by atoms with Crippen molar-refractivity contribution in [2.24, 2.45) is 5.41 Å². The van der Waals surface area contributed by atoms with Crippen molar-refractivity contribution in [2.45, 2.75) is 26.8 Å². The number of nitrogens with one attached hydrogen (secondary N) is 1. The fourth-order valence-corrected chi connectivity index (χ4v) is 1.32. The average Bonchev–Trinajstić information content (AvgIpc) is 2.38. The van der Waals surface area contributed by atoms with Crippen LogP contribution < -0.4 is 5.32 Å². The Balaban J connectivity index is 2.69. The van der Waals surface area contributed by atoms with Gasteiger partial charge in [-0.25, -0.2) is 8.78 Å². The second kappa shape index (κ2) is 5.58. The summed E-state index contributed by atoms with van der Waals surface area (Å²) >= 11 is 0. The zero-order chi connectivity index (χ0) is 13.8. The molecule has 1 amide bonds. The van der Waals surface area contributed by atoms with E-state index in [1.165, 1.54) is 13.0 Å². The minimum atomic E-state index is -1.10. The molecule has 0 bridgehead atoms. The Hall–Kier alpha value is -1.96. The number of nitriles is 1. The van der Waals surface area contributed by atoms with E-state index >= 15 is 0 Å². The van der Waals surface area contributed by atoms with Gasteiger partial charge in [-0.2, -0.15) is 5.26 Å². The molecule has 0 saturated carbocycles. The monoisotopic (exact) mass is 252 g/mol. The molecule has 1 aromatic carbocycles. The topological polar surface area (TPSA) is 52.9 Å². The fourth-order valence-electron chi connectivity index (χ4n) is 1.32. The average molecular weight is 252 g/mol. The van der Waals surface area contributed by atoms with Crippen molar-refractivity contribution in [3.63, 3.8) is 0 Å². The molecule has 1 N–H and O–H groups in total. The van der Waals surface area contributed by atoms with Crippen molar-refractivity contribution in [2.75, 3.05) is 0 Å². The van der Waals surface area contributed by atoms with Gasteiger partial charge in [0.25, 0.3) is 0 Å². The highest BCUT2D eigenvalue weighted by Crippen LogP contribution is 2.19.